The molecule has 0 unspecified atom stereocenters. The van der Waals surface area contributed by atoms with Crippen LogP contribution in [0.15, 0.2) is 42.5 Å². The molecule has 0 aliphatic carbocycles. The highest BCUT2D eigenvalue weighted by Crippen LogP contribution is 2.25. The molecule has 7 heteroatoms. The molecule has 0 fully saturated rings. The summed E-state index contributed by atoms with van der Waals surface area (Å²) in [4.78, 5) is 17.9. The Labute approximate surface area is 134 Å². The highest BCUT2D eigenvalue weighted by molar-refractivity contribution is 5.88. The van der Waals surface area contributed by atoms with Gasteiger partial charge >= 0.3 is 6.09 Å². The van der Waals surface area contributed by atoms with Crippen molar-refractivity contribution in [2.75, 3.05) is 33.0 Å². The number of ether oxygens (including phenoxy) is 4. The third kappa shape index (κ3) is 4.33. The summed E-state index contributed by atoms with van der Waals surface area (Å²) in [6, 6.07) is 11.9. The smallest absolute Gasteiger partial charge is 0.422 e. The minimum atomic E-state index is -0.624. The van der Waals surface area contributed by atoms with Crippen LogP contribution in [0, 0.1) is 0 Å². The Morgan fingerprint density at radius 2 is 1.78 bits per heavy atom. The van der Waals surface area contributed by atoms with E-state index in [1.807, 2.05) is 6.07 Å². The van der Waals surface area contributed by atoms with E-state index in [2.05, 4.69) is 4.98 Å². The number of benzene rings is 1. The van der Waals surface area contributed by atoms with Crippen molar-refractivity contribution in [3.63, 3.8) is 0 Å². The summed E-state index contributed by atoms with van der Waals surface area (Å²) in [5, 5.41) is 0. The summed E-state index contributed by atoms with van der Waals surface area (Å²) >= 11 is 0. The molecule has 2 aromatic rings. The van der Waals surface area contributed by atoms with Crippen LogP contribution < -0.4 is 19.1 Å². The third-order valence-electron chi connectivity index (χ3n) is 2.91. The molecule has 1 aromatic carbocycles. The second-order valence-corrected chi connectivity index (χ2v) is 4.43. The van der Waals surface area contributed by atoms with Crippen LogP contribution in [-0.2, 0) is 4.74 Å². The van der Waals surface area contributed by atoms with Crippen LogP contribution in [0.1, 0.15) is 0 Å². The fourth-order valence-corrected chi connectivity index (χ4v) is 1.81. The fourth-order valence-electron chi connectivity index (χ4n) is 1.81. The summed E-state index contributed by atoms with van der Waals surface area (Å²) in [5.74, 6) is 1.53. The van der Waals surface area contributed by atoms with Gasteiger partial charge in [-0.2, -0.15) is 4.98 Å². The maximum absolute atomic E-state index is 12.4. The lowest BCUT2D eigenvalue weighted by atomic mass is 10.3. The first-order chi connectivity index (χ1) is 11.2. The van der Waals surface area contributed by atoms with Gasteiger partial charge in [0.15, 0.2) is 0 Å². The number of rotatable bonds is 6. The van der Waals surface area contributed by atoms with E-state index in [1.165, 1.54) is 26.2 Å². The van der Waals surface area contributed by atoms with Crippen LogP contribution >= 0.6 is 0 Å². The van der Waals surface area contributed by atoms with Crippen LogP contribution in [0.3, 0.4) is 0 Å². The number of hydrogen-bond donors (Lipinski definition) is 0. The van der Waals surface area contributed by atoms with Gasteiger partial charge in [-0.1, -0.05) is 18.2 Å². The lowest BCUT2D eigenvalue weighted by molar-refractivity contribution is 0.171. The third-order valence-corrected chi connectivity index (χ3v) is 2.91. The van der Waals surface area contributed by atoms with Gasteiger partial charge in [0.1, 0.15) is 24.0 Å². The quantitative estimate of drug-likeness (QED) is 0.763. The van der Waals surface area contributed by atoms with E-state index in [0.29, 0.717) is 23.2 Å². The number of carbonyl (C=O) groups is 1. The van der Waals surface area contributed by atoms with E-state index in [4.69, 9.17) is 18.9 Å². The van der Waals surface area contributed by atoms with E-state index in [0.717, 1.165) is 0 Å². The molecule has 0 aliphatic rings. The number of amides is 1. The van der Waals surface area contributed by atoms with Gasteiger partial charge in [-0.05, 0) is 12.1 Å². The first kappa shape index (κ1) is 16.6. The molecule has 0 N–H and O–H groups in total. The Kier molecular flexibility index (Phi) is 5.76. The molecular weight excluding hydrogens is 300 g/mol. The lowest BCUT2D eigenvalue weighted by Crippen LogP contribution is -2.35. The SMILES string of the molecule is COCN(C(=O)Oc1ccccc1)c1cc(OC)cc(OC)n1. The zero-order chi connectivity index (χ0) is 16.7. The highest BCUT2D eigenvalue weighted by atomic mass is 16.6. The Morgan fingerprint density at radius 1 is 1.04 bits per heavy atom. The molecule has 0 bridgehead atoms. The summed E-state index contributed by atoms with van der Waals surface area (Å²) in [6.45, 7) is -0.0327. The van der Waals surface area contributed by atoms with Crippen molar-refractivity contribution >= 4 is 11.9 Å². The average Bonchev–Trinajstić information content (AvgIpc) is 2.59. The fraction of sp³-hybridized carbons (Fsp3) is 0.250. The molecule has 0 atom stereocenters. The minimum Gasteiger partial charge on any atom is -0.496 e. The number of pyridine rings is 1. The van der Waals surface area contributed by atoms with E-state index < -0.39 is 6.09 Å². The predicted molar refractivity (Wildman–Crippen MR) is 84.2 cm³/mol. The normalized spacial score (nSPS) is 10.0. The Hall–Kier alpha value is -2.80. The number of para-hydroxylation sites is 1. The molecule has 0 radical (unpaired) electrons. The molecule has 1 amide bonds. The van der Waals surface area contributed by atoms with Gasteiger partial charge < -0.3 is 18.9 Å². The van der Waals surface area contributed by atoms with Crippen molar-refractivity contribution in [2.24, 2.45) is 0 Å². The second kappa shape index (κ2) is 8.00. The lowest BCUT2D eigenvalue weighted by Gasteiger charge is -2.21. The average molecular weight is 318 g/mol. The van der Waals surface area contributed by atoms with Gasteiger partial charge in [0, 0.05) is 19.2 Å². The van der Waals surface area contributed by atoms with Crippen molar-refractivity contribution in [1.29, 1.82) is 0 Å². The van der Waals surface area contributed by atoms with Gasteiger partial charge in [0.25, 0.3) is 0 Å². The van der Waals surface area contributed by atoms with Crippen molar-refractivity contribution in [2.45, 2.75) is 0 Å². The summed E-state index contributed by atoms with van der Waals surface area (Å²) in [7, 11) is 4.47. The van der Waals surface area contributed by atoms with Gasteiger partial charge in [-0.3, -0.25) is 0 Å². The zero-order valence-corrected chi connectivity index (χ0v) is 13.2. The van der Waals surface area contributed by atoms with Crippen molar-refractivity contribution in [1.82, 2.24) is 4.98 Å². The highest BCUT2D eigenvalue weighted by Gasteiger charge is 2.21. The number of anilines is 1. The Bertz CT molecular complexity index is 626. The van der Waals surface area contributed by atoms with Gasteiger partial charge in [0.05, 0.1) is 14.2 Å². The first-order valence-electron chi connectivity index (χ1n) is 6.81. The maximum Gasteiger partial charge on any atom is 0.422 e. The number of aromatic nitrogens is 1. The molecular formula is C16H18N2O5. The number of methoxy groups -OCH3 is 3. The molecule has 122 valence electrons. The predicted octanol–water partition coefficient (Wildman–Crippen LogP) is 2.71. The maximum atomic E-state index is 12.4. The van der Waals surface area contributed by atoms with Crippen LogP contribution in [0.2, 0.25) is 0 Å². The van der Waals surface area contributed by atoms with E-state index in [1.54, 1.807) is 36.4 Å². The van der Waals surface area contributed by atoms with Crippen LogP contribution in [0.25, 0.3) is 0 Å². The molecule has 1 aromatic heterocycles. The molecule has 23 heavy (non-hydrogen) atoms. The summed E-state index contributed by atoms with van der Waals surface area (Å²) < 4.78 is 20.7. The van der Waals surface area contributed by atoms with Crippen molar-refractivity contribution in [3.05, 3.63) is 42.5 Å². The van der Waals surface area contributed by atoms with E-state index in [-0.39, 0.29) is 6.73 Å². The molecule has 2 rings (SSSR count). The Morgan fingerprint density at radius 3 is 2.39 bits per heavy atom. The standard InChI is InChI=1S/C16H18N2O5/c1-20-11-18(16(19)23-12-7-5-4-6-8-12)14-9-13(21-2)10-15(17-14)22-3/h4-10H,11H2,1-3H3. The largest absolute Gasteiger partial charge is 0.496 e. The topological polar surface area (TPSA) is 70.1 Å². The van der Waals surface area contributed by atoms with Gasteiger partial charge in [-0.15, -0.1) is 0 Å². The van der Waals surface area contributed by atoms with Crippen LogP contribution in [0.4, 0.5) is 10.6 Å². The van der Waals surface area contributed by atoms with Crippen LogP contribution in [-0.4, -0.2) is 39.1 Å². The second-order valence-electron chi connectivity index (χ2n) is 4.43. The van der Waals surface area contributed by atoms with Crippen molar-refractivity contribution < 1.29 is 23.7 Å². The van der Waals surface area contributed by atoms with E-state index in [9.17, 15) is 4.79 Å². The number of hydrogen-bond acceptors (Lipinski definition) is 6. The summed E-state index contributed by atoms with van der Waals surface area (Å²) in [6.07, 6.45) is -0.624. The monoisotopic (exact) mass is 318 g/mol. The minimum absolute atomic E-state index is 0.0327. The zero-order valence-electron chi connectivity index (χ0n) is 13.2. The van der Waals surface area contributed by atoms with Gasteiger partial charge in [-0.25, -0.2) is 9.69 Å². The van der Waals surface area contributed by atoms with Gasteiger partial charge in [0.2, 0.25) is 5.88 Å². The Balaban J connectivity index is 2.28. The molecule has 7 nitrogen and oxygen atoms in total. The van der Waals surface area contributed by atoms with Crippen LogP contribution in [0.5, 0.6) is 17.4 Å². The van der Waals surface area contributed by atoms with E-state index >= 15 is 0 Å². The first-order valence-corrected chi connectivity index (χ1v) is 6.81. The molecule has 0 saturated carbocycles. The molecule has 0 aliphatic heterocycles. The molecule has 0 spiro atoms. The number of nitrogens with zero attached hydrogens (tertiary/aromatic N) is 2. The van der Waals surface area contributed by atoms with Crippen molar-refractivity contribution in [3.8, 4) is 17.4 Å². The number of carbonyl (C=O) groups excluding carboxylic acids is 1. The summed E-state index contributed by atoms with van der Waals surface area (Å²) in [5.41, 5.74) is 0. The molecule has 1 heterocycles. The molecule has 0 saturated heterocycles.